The molecule has 0 aromatic heterocycles. The molecule has 2 rings (SSSR count). The largest absolute Gasteiger partial charge is 0.395 e. The maximum atomic E-state index is 9.34. The fraction of sp³-hybridized carbons (Fsp3) is 1.00. The molecule has 3 unspecified atom stereocenters. The molecule has 20 heavy (non-hydrogen) atoms. The Bertz CT molecular complexity index is 268. The fourth-order valence-electron chi connectivity index (χ4n) is 4.22. The molecule has 0 saturated heterocycles. The summed E-state index contributed by atoms with van der Waals surface area (Å²) in [5, 5.41) is 12.9. The van der Waals surface area contributed by atoms with E-state index in [9.17, 15) is 5.11 Å². The summed E-state index contributed by atoms with van der Waals surface area (Å²) in [7, 11) is 2.12. The second-order valence-corrected chi connectivity index (χ2v) is 6.93. The molecule has 0 bridgehead atoms. The summed E-state index contributed by atoms with van der Waals surface area (Å²) in [6.07, 6.45) is 10.9. The third kappa shape index (κ3) is 4.19. The summed E-state index contributed by atoms with van der Waals surface area (Å²) in [4.78, 5) is 2.58. The summed E-state index contributed by atoms with van der Waals surface area (Å²) in [6.45, 7) is 4.68. The van der Waals surface area contributed by atoms with Gasteiger partial charge in [-0.2, -0.15) is 0 Å². The molecule has 118 valence electrons. The van der Waals surface area contributed by atoms with Crippen molar-refractivity contribution in [3.63, 3.8) is 0 Å². The van der Waals surface area contributed by atoms with Crippen molar-refractivity contribution in [1.82, 2.24) is 10.2 Å². The molecule has 0 aromatic carbocycles. The van der Waals surface area contributed by atoms with Crippen LogP contribution in [0.25, 0.3) is 0 Å². The first kappa shape index (κ1) is 16.3. The zero-order valence-electron chi connectivity index (χ0n) is 13.5. The molecule has 3 atom stereocenters. The molecule has 3 heteroatoms. The van der Waals surface area contributed by atoms with Gasteiger partial charge in [0.25, 0.3) is 0 Å². The predicted molar refractivity (Wildman–Crippen MR) is 84.9 cm³/mol. The lowest BCUT2D eigenvalue weighted by molar-refractivity contribution is 0.0606. The van der Waals surface area contributed by atoms with Gasteiger partial charge in [0.15, 0.2) is 0 Å². The lowest BCUT2D eigenvalue weighted by atomic mass is 9.75. The first-order chi connectivity index (χ1) is 9.78. The molecular weight excluding hydrogens is 248 g/mol. The average molecular weight is 282 g/mol. The van der Waals surface area contributed by atoms with Crippen molar-refractivity contribution < 1.29 is 5.11 Å². The van der Waals surface area contributed by atoms with Crippen molar-refractivity contribution in [3.8, 4) is 0 Å². The van der Waals surface area contributed by atoms with Crippen LogP contribution < -0.4 is 5.32 Å². The molecule has 2 aliphatic rings. The van der Waals surface area contributed by atoms with Crippen LogP contribution in [0.15, 0.2) is 0 Å². The Morgan fingerprint density at radius 2 is 2.00 bits per heavy atom. The van der Waals surface area contributed by atoms with Crippen LogP contribution in [0.1, 0.15) is 58.3 Å². The normalized spacial score (nSPS) is 31.5. The van der Waals surface area contributed by atoms with Crippen LogP contribution in [-0.4, -0.2) is 48.8 Å². The van der Waals surface area contributed by atoms with Crippen molar-refractivity contribution in [3.05, 3.63) is 0 Å². The molecule has 0 amide bonds. The Morgan fingerprint density at radius 3 is 2.55 bits per heavy atom. The van der Waals surface area contributed by atoms with Crippen molar-refractivity contribution in [2.45, 2.75) is 70.4 Å². The number of aliphatic hydroxyl groups is 1. The fourth-order valence-corrected chi connectivity index (χ4v) is 4.22. The van der Waals surface area contributed by atoms with Crippen LogP contribution in [-0.2, 0) is 0 Å². The highest BCUT2D eigenvalue weighted by Crippen LogP contribution is 2.34. The van der Waals surface area contributed by atoms with Gasteiger partial charge in [0.05, 0.1) is 6.61 Å². The molecular formula is C17H34N2O. The molecule has 0 aliphatic heterocycles. The van der Waals surface area contributed by atoms with Crippen LogP contribution in [0, 0.1) is 11.8 Å². The zero-order chi connectivity index (χ0) is 14.4. The van der Waals surface area contributed by atoms with Gasteiger partial charge in [0.1, 0.15) is 0 Å². The van der Waals surface area contributed by atoms with E-state index < -0.39 is 0 Å². The Hall–Kier alpha value is -0.120. The third-order valence-corrected chi connectivity index (χ3v) is 5.61. The predicted octanol–water partition coefficient (Wildman–Crippen LogP) is 2.64. The quantitative estimate of drug-likeness (QED) is 0.718. The van der Waals surface area contributed by atoms with Crippen LogP contribution in [0.2, 0.25) is 0 Å². The lowest BCUT2D eigenvalue weighted by Gasteiger charge is -2.43. The van der Waals surface area contributed by atoms with Gasteiger partial charge in [0.2, 0.25) is 0 Å². The highest BCUT2D eigenvalue weighted by molar-refractivity contribution is 4.89. The van der Waals surface area contributed by atoms with E-state index in [2.05, 4.69) is 24.2 Å². The van der Waals surface area contributed by atoms with Crippen molar-refractivity contribution in [2.24, 2.45) is 11.8 Å². The highest BCUT2D eigenvalue weighted by Gasteiger charge is 2.33. The SMILES string of the molecule is CCCC1CCC(NC)C(CN(CCO)C2CCC2)C1. The smallest absolute Gasteiger partial charge is 0.0558 e. The van der Waals surface area contributed by atoms with Crippen LogP contribution in [0.4, 0.5) is 0 Å². The maximum absolute atomic E-state index is 9.34. The monoisotopic (exact) mass is 282 g/mol. The van der Waals surface area contributed by atoms with E-state index in [1.165, 1.54) is 57.9 Å². The topological polar surface area (TPSA) is 35.5 Å². The maximum Gasteiger partial charge on any atom is 0.0558 e. The van der Waals surface area contributed by atoms with Gasteiger partial charge < -0.3 is 10.4 Å². The zero-order valence-corrected chi connectivity index (χ0v) is 13.5. The van der Waals surface area contributed by atoms with E-state index in [0.717, 1.165) is 24.4 Å². The van der Waals surface area contributed by atoms with Crippen molar-refractivity contribution in [1.29, 1.82) is 0 Å². The summed E-state index contributed by atoms with van der Waals surface area (Å²) in [6, 6.07) is 1.44. The van der Waals surface area contributed by atoms with E-state index in [1.807, 2.05) is 0 Å². The third-order valence-electron chi connectivity index (χ3n) is 5.61. The van der Waals surface area contributed by atoms with Crippen LogP contribution in [0.3, 0.4) is 0 Å². The molecule has 0 aromatic rings. The van der Waals surface area contributed by atoms with E-state index in [4.69, 9.17) is 0 Å². The molecule has 0 radical (unpaired) electrons. The van der Waals surface area contributed by atoms with Crippen molar-refractivity contribution >= 4 is 0 Å². The van der Waals surface area contributed by atoms with Gasteiger partial charge >= 0.3 is 0 Å². The van der Waals surface area contributed by atoms with Crippen LogP contribution in [0.5, 0.6) is 0 Å². The second kappa shape index (κ2) is 8.35. The van der Waals surface area contributed by atoms with E-state index in [1.54, 1.807) is 0 Å². The number of rotatable bonds is 8. The minimum atomic E-state index is 0.311. The van der Waals surface area contributed by atoms with Gasteiger partial charge in [-0.1, -0.05) is 26.2 Å². The molecule has 3 nitrogen and oxygen atoms in total. The summed E-state index contributed by atoms with van der Waals surface area (Å²) < 4.78 is 0. The van der Waals surface area contributed by atoms with Crippen molar-refractivity contribution in [2.75, 3.05) is 26.7 Å². The lowest BCUT2D eigenvalue weighted by Crippen LogP contribution is -2.49. The standard InChI is InChI=1S/C17H34N2O/c1-3-5-14-8-9-17(18-2)15(12-14)13-19(10-11-20)16-6-4-7-16/h14-18,20H,3-13H2,1-2H3. The first-order valence-electron chi connectivity index (χ1n) is 8.80. The second-order valence-electron chi connectivity index (χ2n) is 6.93. The minimum Gasteiger partial charge on any atom is -0.395 e. The van der Waals surface area contributed by atoms with Crippen LogP contribution >= 0.6 is 0 Å². The van der Waals surface area contributed by atoms with E-state index >= 15 is 0 Å². The van der Waals surface area contributed by atoms with E-state index in [0.29, 0.717) is 12.6 Å². The molecule has 2 aliphatic carbocycles. The highest BCUT2D eigenvalue weighted by atomic mass is 16.3. The minimum absolute atomic E-state index is 0.311. The molecule has 0 spiro atoms. The number of aliphatic hydroxyl groups excluding tert-OH is 1. The number of nitrogens with one attached hydrogen (secondary N) is 1. The van der Waals surface area contributed by atoms with Gasteiger partial charge in [-0.15, -0.1) is 0 Å². The Morgan fingerprint density at radius 1 is 1.20 bits per heavy atom. The molecule has 2 saturated carbocycles. The summed E-state index contributed by atoms with van der Waals surface area (Å²) in [5.74, 6) is 1.71. The number of hydrogen-bond acceptors (Lipinski definition) is 3. The van der Waals surface area contributed by atoms with Gasteiger partial charge in [0, 0.05) is 25.2 Å². The molecule has 0 heterocycles. The molecule has 2 N–H and O–H groups in total. The first-order valence-corrected chi connectivity index (χ1v) is 8.80. The Kier molecular flexibility index (Phi) is 6.79. The number of hydrogen-bond donors (Lipinski definition) is 2. The average Bonchev–Trinajstić information content (AvgIpc) is 2.38. The van der Waals surface area contributed by atoms with Gasteiger partial charge in [-0.25, -0.2) is 0 Å². The number of nitrogens with zero attached hydrogens (tertiary/aromatic N) is 1. The Labute approximate surface area is 125 Å². The molecule has 2 fully saturated rings. The Balaban J connectivity index is 1.90. The summed E-state index contributed by atoms with van der Waals surface area (Å²) >= 11 is 0. The van der Waals surface area contributed by atoms with Gasteiger partial charge in [-0.05, 0) is 51.0 Å². The summed E-state index contributed by atoms with van der Waals surface area (Å²) in [5.41, 5.74) is 0. The van der Waals surface area contributed by atoms with Gasteiger partial charge in [-0.3, -0.25) is 4.90 Å². The van der Waals surface area contributed by atoms with E-state index in [-0.39, 0.29) is 0 Å².